The molecular formula is C22H21ClFNO3. The van der Waals surface area contributed by atoms with Crippen molar-refractivity contribution in [2.75, 3.05) is 13.3 Å². The Labute approximate surface area is 167 Å². The Morgan fingerprint density at radius 2 is 1.96 bits per heavy atom. The summed E-state index contributed by atoms with van der Waals surface area (Å²) in [5, 5.41) is 1.40. The highest BCUT2D eigenvalue weighted by Gasteiger charge is 2.25. The molecule has 1 aromatic heterocycles. The maximum Gasteiger partial charge on any atom is 0.336 e. The lowest BCUT2D eigenvalue weighted by atomic mass is 10.0. The molecule has 0 N–H and O–H groups in total. The number of benzene rings is 2. The quantitative estimate of drug-likeness (QED) is 0.568. The van der Waals surface area contributed by atoms with E-state index in [0.717, 1.165) is 47.9 Å². The number of fused-ring (bicyclic) bond motifs is 3. The fraction of sp³-hybridized carbons (Fsp3) is 0.318. The largest absolute Gasteiger partial charge is 0.476 e. The van der Waals surface area contributed by atoms with Crippen LogP contribution in [0.4, 0.5) is 4.39 Å². The van der Waals surface area contributed by atoms with Crippen molar-refractivity contribution in [2.24, 2.45) is 0 Å². The molecule has 6 heteroatoms. The molecule has 0 saturated carbocycles. The molecule has 1 aliphatic rings. The number of aryl methyl sites for hydroxylation is 1. The zero-order chi connectivity index (χ0) is 19.7. The Kier molecular flexibility index (Phi) is 5.38. The van der Waals surface area contributed by atoms with Crippen molar-refractivity contribution in [2.45, 2.75) is 32.7 Å². The lowest BCUT2D eigenvalue weighted by molar-refractivity contribution is 0.0969. The van der Waals surface area contributed by atoms with Crippen LogP contribution in [0.1, 0.15) is 30.0 Å². The van der Waals surface area contributed by atoms with Gasteiger partial charge in [-0.25, -0.2) is 9.18 Å². The van der Waals surface area contributed by atoms with Crippen molar-refractivity contribution < 1.29 is 13.5 Å². The van der Waals surface area contributed by atoms with Gasteiger partial charge in [-0.1, -0.05) is 37.1 Å². The van der Waals surface area contributed by atoms with Crippen LogP contribution in [0.25, 0.3) is 11.0 Å². The first-order chi connectivity index (χ1) is 13.5. The number of halogens is 2. The molecule has 4 nitrogen and oxygen atoms in total. The van der Waals surface area contributed by atoms with E-state index in [2.05, 4.69) is 11.8 Å². The number of rotatable bonds is 5. The Hall–Kier alpha value is -2.37. The van der Waals surface area contributed by atoms with E-state index < -0.39 is 0 Å². The molecule has 0 saturated heterocycles. The van der Waals surface area contributed by atoms with E-state index in [4.69, 9.17) is 20.8 Å². The molecule has 0 spiro atoms. The second-order valence-corrected chi connectivity index (χ2v) is 7.49. The van der Waals surface area contributed by atoms with Gasteiger partial charge in [0.25, 0.3) is 0 Å². The van der Waals surface area contributed by atoms with Crippen LogP contribution in [0.15, 0.2) is 45.6 Å². The van der Waals surface area contributed by atoms with Gasteiger partial charge in [-0.15, -0.1) is 0 Å². The summed E-state index contributed by atoms with van der Waals surface area (Å²) >= 11 is 6.47. The molecule has 0 radical (unpaired) electrons. The van der Waals surface area contributed by atoms with E-state index in [9.17, 15) is 9.18 Å². The van der Waals surface area contributed by atoms with Crippen LogP contribution in [0.2, 0.25) is 5.02 Å². The summed E-state index contributed by atoms with van der Waals surface area (Å²) in [7, 11) is 0. The topological polar surface area (TPSA) is 42.7 Å². The molecule has 28 heavy (non-hydrogen) atoms. The van der Waals surface area contributed by atoms with E-state index in [-0.39, 0.29) is 11.4 Å². The van der Waals surface area contributed by atoms with Gasteiger partial charge < -0.3 is 9.15 Å². The van der Waals surface area contributed by atoms with E-state index in [1.165, 1.54) is 12.1 Å². The number of hydrogen-bond donors (Lipinski definition) is 0. The maximum absolute atomic E-state index is 13.1. The number of hydrogen-bond acceptors (Lipinski definition) is 4. The highest BCUT2D eigenvalue weighted by Crippen LogP contribution is 2.39. The van der Waals surface area contributed by atoms with Crippen molar-refractivity contribution in [3.63, 3.8) is 0 Å². The average Bonchev–Trinajstić information content (AvgIpc) is 2.69. The lowest BCUT2D eigenvalue weighted by Crippen LogP contribution is -2.34. The smallest absolute Gasteiger partial charge is 0.336 e. The van der Waals surface area contributed by atoms with Crippen molar-refractivity contribution in [1.29, 1.82) is 0 Å². The van der Waals surface area contributed by atoms with Crippen molar-refractivity contribution in [3.05, 3.63) is 74.3 Å². The molecule has 1 aliphatic heterocycles. The molecule has 4 rings (SSSR count). The Morgan fingerprint density at radius 3 is 2.71 bits per heavy atom. The molecule has 0 amide bonds. The predicted octanol–water partition coefficient (Wildman–Crippen LogP) is 4.93. The summed E-state index contributed by atoms with van der Waals surface area (Å²) in [6, 6.07) is 9.89. The maximum atomic E-state index is 13.1. The molecule has 0 bridgehead atoms. The van der Waals surface area contributed by atoms with Gasteiger partial charge in [0, 0.05) is 24.5 Å². The molecular weight excluding hydrogens is 381 g/mol. The van der Waals surface area contributed by atoms with Crippen molar-refractivity contribution in [1.82, 2.24) is 4.90 Å². The first-order valence-electron chi connectivity index (χ1n) is 9.43. The van der Waals surface area contributed by atoms with Crippen LogP contribution in [0, 0.1) is 5.82 Å². The third-order valence-corrected chi connectivity index (χ3v) is 5.32. The van der Waals surface area contributed by atoms with Gasteiger partial charge in [0.2, 0.25) is 0 Å². The summed E-state index contributed by atoms with van der Waals surface area (Å²) in [6.45, 7) is 3.78. The van der Waals surface area contributed by atoms with E-state index >= 15 is 0 Å². The summed E-state index contributed by atoms with van der Waals surface area (Å²) in [4.78, 5) is 14.2. The minimum atomic E-state index is -0.357. The monoisotopic (exact) mass is 401 g/mol. The number of ether oxygens (including phenoxy) is 1. The van der Waals surface area contributed by atoms with Crippen molar-refractivity contribution >= 4 is 22.6 Å². The molecule has 146 valence electrons. The average molecular weight is 402 g/mol. The van der Waals surface area contributed by atoms with Crippen LogP contribution in [0.3, 0.4) is 0 Å². The van der Waals surface area contributed by atoms with Crippen LogP contribution in [0.5, 0.6) is 5.75 Å². The lowest BCUT2D eigenvalue weighted by Gasteiger charge is -2.30. The Morgan fingerprint density at radius 1 is 1.18 bits per heavy atom. The summed E-state index contributed by atoms with van der Waals surface area (Å²) in [5.74, 6) is 0.349. The predicted molar refractivity (Wildman–Crippen MR) is 107 cm³/mol. The highest BCUT2D eigenvalue weighted by atomic mass is 35.5. The third kappa shape index (κ3) is 3.77. The Balaban J connectivity index is 1.64. The highest BCUT2D eigenvalue weighted by molar-refractivity contribution is 6.33. The second-order valence-electron chi connectivity index (χ2n) is 7.09. The molecule has 2 heterocycles. The Bertz CT molecular complexity index is 1060. The minimum absolute atomic E-state index is 0.238. The van der Waals surface area contributed by atoms with Crippen LogP contribution in [-0.2, 0) is 19.4 Å². The number of nitrogens with zero attached hydrogens (tertiary/aromatic N) is 1. The van der Waals surface area contributed by atoms with Gasteiger partial charge in [-0.3, -0.25) is 4.90 Å². The third-order valence-electron chi connectivity index (χ3n) is 5.04. The molecule has 0 atom stereocenters. The molecule has 0 unspecified atom stereocenters. The van der Waals surface area contributed by atoms with Crippen LogP contribution in [-0.4, -0.2) is 18.2 Å². The fourth-order valence-corrected chi connectivity index (χ4v) is 3.93. The van der Waals surface area contributed by atoms with Crippen molar-refractivity contribution in [3.8, 4) is 5.75 Å². The second kappa shape index (κ2) is 7.94. The summed E-state index contributed by atoms with van der Waals surface area (Å²) < 4.78 is 24.5. The standard InChI is InChI=1S/C22H21ClFNO3/c1-2-3-15-10-20(26)28-21-17(15)11-19(23)22-18(21)12-25(13-27-22)9-8-14-4-6-16(24)7-5-14/h4-7,10-11H,2-3,8-9,12-13H2,1H3. The van der Waals surface area contributed by atoms with Gasteiger partial charge in [0.1, 0.15) is 23.9 Å². The van der Waals surface area contributed by atoms with E-state index in [1.54, 1.807) is 18.2 Å². The van der Waals surface area contributed by atoms with E-state index in [1.807, 2.05) is 6.07 Å². The van der Waals surface area contributed by atoms with E-state index in [0.29, 0.717) is 29.6 Å². The zero-order valence-electron chi connectivity index (χ0n) is 15.6. The first-order valence-corrected chi connectivity index (χ1v) is 9.80. The van der Waals surface area contributed by atoms with Gasteiger partial charge in [-0.05, 0) is 42.2 Å². The van der Waals surface area contributed by atoms with Gasteiger partial charge in [-0.2, -0.15) is 0 Å². The minimum Gasteiger partial charge on any atom is -0.476 e. The molecule has 0 fully saturated rings. The summed E-state index contributed by atoms with van der Waals surface area (Å²) in [5.41, 5.74) is 3.01. The molecule has 3 aromatic rings. The zero-order valence-corrected chi connectivity index (χ0v) is 16.4. The van der Waals surface area contributed by atoms with Crippen LogP contribution >= 0.6 is 11.6 Å². The van der Waals surface area contributed by atoms with Gasteiger partial charge in [0.15, 0.2) is 0 Å². The van der Waals surface area contributed by atoms with Gasteiger partial charge in [0.05, 0.1) is 10.6 Å². The fourth-order valence-electron chi connectivity index (χ4n) is 3.66. The SMILES string of the molecule is CCCc1cc(=O)oc2c3c(c(Cl)cc12)OCN(CCc1ccc(F)cc1)C3. The first kappa shape index (κ1) is 19.0. The normalized spacial score (nSPS) is 14.1. The molecule has 2 aromatic carbocycles. The summed E-state index contributed by atoms with van der Waals surface area (Å²) in [6.07, 6.45) is 2.47. The van der Waals surface area contributed by atoms with Gasteiger partial charge >= 0.3 is 5.63 Å². The van der Waals surface area contributed by atoms with Crippen LogP contribution < -0.4 is 10.4 Å². The molecule has 0 aliphatic carbocycles.